The number of aliphatic hydroxyl groups excluding tert-OH is 2. The summed E-state index contributed by atoms with van der Waals surface area (Å²) in [5, 5.41) is 29.4. The average Bonchev–Trinajstić information content (AvgIpc) is 2.93. The van der Waals surface area contributed by atoms with Gasteiger partial charge in [-0.2, -0.15) is 9.97 Å². The molecule has 120 valence electrons. The van der Waals surface area contributed by atoms with E-state index in [4.69, 9.17) is 21.3 Å². The molecule has 7 N–H and O–H groups in total. The van der Waals surface area contributed by atoms with E-state index in [0.717, 1.165) is 0 Å². The third-order valence-corrected chi connectivity index (χ3v) is 3.70. The topological polar surface area (TPSA) is 166 Å². The van der Waals surface area contributed by atoms with E-state index in [1.165, 1.54) is 17.8 Å². The molecule has 0 spiro atoms. The molecule has 0 aromatic carbocycles. The maximum absolute atomic E-state index is 14.3. The summed E-state index contributed by atoms with van der Waals surface area (Å²) in [7, 11) is 0. The first-order valence-corrected chi connectivity index (χ1v) is 6.34. The molecule has 0 unspecified atom stereocenters. The highest BCUT2D eigenvalue weighted by molar-refractivity contribution is 5.82. The summed E-state index contributed by atoms with van der Waals surface area (Å²) < 4.78 is 20.5. The Hall–Kier alpha value is -2.08. The lowest BCUT2D eigenvalue weighted by atomic mass is 9.95. The normalized spacial score (nSPS) is 35.3. The van der Waals surface area contributed by atoms with Gasteiger partial charge in [0.2, 0.25) is 5.95 Å². The molecule has 1 aliphatic heterocycles. The van der Waals surface area contributed by atoms with Gasteiger partial charge in [-0.05, 0) is 6.92 Å². The van der Waals surface area contributed by atoms with Gasteiger partial charge in [0.15, 0.2) is 17.7 Å². The summed E-state index contributed by atoms with van der Waals surface area (Å²) in [6.45, 7) is 0.0335. The molecule has 3 rings (SSSR count). The van der Waals surface area contributed by atoms with Crippen molar-refractivity contribution in [2.24, 2.45) is 0 Å². The van der Waals surface area contributed by atoms with Crippen LogP contribution in [0.15, 0.2) is 6.33 Å². The molecule has 10 nitrogen and oxygen atoms in total. The van der Waals surface area contributed by atoms with E-state index < -0.39 is 30.4 Å². The summed E-state index contributed by atoms with van der Waals surface area (Å²) >= 11 is 0. The number of aromatic nitrogens is 4. The highest BCUT2D eigenvalue weighted by atomic mass is 19.2. The van der Waals surface area contributed by atoms with Crippen LogP contribution in [0.1, 0.15) is 13.2 Å². The van der Waals surface area contributed by atoms with Crippen LogP contribution in [0.3, 0.4) is 0 Å². The summed E-state index contributed by atoms with van der Waals surface area (Å²) in [6, 6.07) is 0. The molecule has 0 radical (unpaired) electrons. The SMILES string of the molecule is C[C@]1(O)[C@H](n2cnc3c(N)nc(N)nc32)O[C@](F)(CO)[C@H]1O. The van der Waals surface area contributed by atoms with Crippen molar-refractivity contribution >= 4 is 22.9 Å². The van der Waals surface area contributed by atoms with Crippen LogP contribution >= 0.6 is 0 Å². The zero-order chi connectivity index (χ0) is 16.3. The van der Waals surface area contributed by atoms with Gasteiger partial charge in [0, 0.05) is 0 Å². The lowest BCUT2D eigenvalue weighted by Crippen LogP contribution is -2.48. The van der Waals surface area contributed by atoms with E-state index in [-0.39, 0.29) is 22.9 Å². The largest absolute Gasteiger partial charge is 0.390 e. The van der Waals surface area contributed by atoms with E-state index in [1.54, 1.807) is 0 Å². The first-order valence-electron chi connectivity index (χ1n) is 6.34. The molecule has 2 aromatic rings. The summed E-state index contributed by atoms with van der Waals surface area (Å²) in [6.07, 6.45) is -2.19. The summed E-state index contributed by atoms with van der Waals surface area (Å²) in [4.78, 5) is 11.6. The number of hydrogen-bond donors (Lipinski definition) is 5. The van der Waals surface area contributed by atoms with Gasteiger partial charge in [-0.3, -0.25) is 4.57 Å². The second-order valence-electron chi connectivity index (χ2n) is 5.33. The Bertz CT molecular complexity index is 737. The van der Waals surface area contributed by atoms with Crippen LogP contribution in [-0.2, 0) is 4.74 Å². The van der Waals surface area contributed by atoms with Crippen LogP contribution in [0, 0.1) is 0 Å². The number of nitrogens with two attached hydrogens (primary N) is 2. The highest BCUT2D eigenvalue weighted by Gasteiger charge is 2.62. The number of alkyl halides is 1. The third-order valence-electron chi connectivity index (χ3n) is 3.70. The maximum atomic E-state index is 14.3. The standard InChI is InChI=1S/C11H15FN6O4/c1-10(21)7(20)11(12,2-19)22-8(10)18-3-15-4-5(13)16-9(14)17-6(4)18/h3,7-8,19-21H,2H2,1H3,(H4,13,14,16,17)/t7-,8+,10+,11+/m0/s1. The van der Waals surface area contributed by atoms with Crippen molar-refractivity contribution in [3.63, 3.8) is 0 Å². The Labute approximate surface area is 123 Å². The lowest BCUT2D eigenvalue weighted by molar-refractivity contribution is -0.206. The van der Waals surface area contributed by atoms with Gasteiger partial charge in [0.1, 0.15) is 23.8 Å². The number of nitrogens with zero attached hydrogens (tertiary/aromatic N) is 4. The lowest BCUT2D eigenvalue weighted by Gasteiger charge is -2.27. The number of nitrogen functional groups attached to an aromatic ring is 2. The quantitative estimate of drug-likeness (QED) is 0.433. The molecular weight excluding hydrogens is 299 g/mol. The van der Waals surface area contributed by atoms with Crippen LogP contribution in [0.4, 0.5) is 16.2 Å². The van der Waals surface area contributed by atoms with E-state index >= 15 is 0 Å². The molecule has 11 heteroatoms. The van der Waals surface area contributed by atoms with Gasteiger partial charge in [-0.25, -0.2) is 9.37 Å². The number of hydrogen-bond acceptors (Lipinski definition) is 9. The van der Waals surface area contributed by atoms with Crippen LogP contribution in [0.5, 0.6) is 0 Å². The van der Waals surface area contributed by atoms with E-state index in [0.29, 0.717) is 0 Å². The van der Waals surface area contributed by atoms with Gasteiger partial charge in [-0.15, -0.1) is 0 Å². The molecule has 1 aliphatic rings. The van der Waals surface area contributed by atoms with Crippen molar-refractivity contribution in [2.75, 3.05) is 18.1 Å². The Morgan fingerprint density at radius 2 is 2.14 bits per heavy atom. The average molecular weight is 314 g/mol. The molecule has 0 bridgehead atoms. The van der Waals surface area contributed by atoms with Gasteiger partial charge in [0.05, 0.1) is 6.33 Å². The van der Waals surface area contributed by atoms with Crippen LogP contribution in [0.25, 0.3) is 11.2 Å². The minimum atomic E-state index is -2.82. The molecule has 22 heavy (non-hydrogen) atoms. The first-order chi connectivity index (χ1) is 10.2. The van der Waals surface area contributed by atoms with Crippen molar-refractivity contribution in [3.05, 3.63) is 6.33 Å². The molecule has 0 amide bonds. The molecular formula is C11H15FN6O4. The fourth-order valence-corrected chi connectivity index (χ4v) is 2.53. The van der Waals surface area contributed by atoms with Crippen molar-refractivity contribution in [3.8, 4) is 0 Å². The predicted molar refractivity (Wildman–Crippen MR) is 71.8 cm³/mol. The van der Waals surface area contributed by atoms with E-state index in [1.807, 2.05) is 0 Å². The van der Waals surface area contributed by atoms with Crippen LogP contribution in [0.2, 0.25) is 0 Å². The Kier molecular flexibility index (Phi) is 3.01. The van der Waals surface area contributed by atoms with Crippen molar-refractivity contribution in [1.82, 2.24) is 19.5 Å². The Morgan fingerprint density at radius 3 is 2.73 bits per heavy atom. The first kappa shape index (κ1) is 14.8. The van der Waals surface area contributed by atoms with Crippen molar-refractivity contribution in [1.29, 1.82) is 0 Å². The van der Waals surface area contributed by atoms with E-state index in [2.05, 4.69) is 15.0 Å². The van der Waals surface area contributed by atoms with Gasteiger partial charge >= 0.3 is 0 Å². The number of anilines is 2. The van der Waals surface area contributed by atoms with Crippen LogP contribution in [-0.4, -0.2) is 59.0 Å². The maximum Gasteiger partial charge on any atom is 0.263 e. The molecule has 3 heterocycles. The number of imidazole rings is 1. The second-order valence-corrected chi connectivity index (χ2v) is 5.33. The number of aliphatic hydroxyl groups is 3. The minimum absolute atomic E-state index is 0.00751. The number of halogens is 1. The molecule has 0 saturated carbocycles. The number of fused-ring (bicyclic) bond motifs is 1. The van der Waals surface area contributed by atoms with Gasteiger partial charge in [0.25, 0.3) is 5.85 Å². The molecule has 0 aliphatic carbocycles. The molecule has 1 fully saturated rings. The monoisotopic (exact) mass is 314 g/mol. The smallest absolute Gasteiger partial charge is 0.263 e. The predicted octanol–water partition coefficient (Wildman–Crippen LogP) is -1.71. The summed E-state index contributed by atoms with van der Waals surface area (Å²) in [5.74, 6) is -2.96. The highest BCUT2D eigenvalue weighted by Crippen LogP contribution is 2.45. The molecule has 2 aromatic heterocycles. The van der Waals surface area contributed by atoms with Crippen molar-refractivity contribution in [2.45, 2.75) is 30.7 Å². The second kappa shape index (κ2) is 4.46. The fourth-order valence-electron chi connectivity index (χ4n) is 2.53. The fraction of sp³-hybridized carbons (Fsp3) is 0.545. The summed E-state index contributed by atoms with van der Waals surface area (Å²) in [5.41, 5.74) is 9.41. The third kappa shape index (κ3) is 1.83. The van der Waals surface area contributed by atoms with Gasteiger partial charge < -0.3 is 31.5 Å². The Morgan fingerprint density at radius 1 is 1.45 bits per heavy atom. The number of ether oxygens (including phenoxy) is 1. The van der Waals surface area contributed by atoms with Crippen molar-refractivity contribution < 1.29 is 24.4 Å². The van der Waals surface area contributed by atoms with E-state index in [9.17, 15) is 14.6 Å². The van der Waals surface area contributed by atoms with Gasteiger partial charge in [-0.1, -0.05) is 0 Å². The zero-order valence-electron chi connectivity index (χ0n) is 11.5. The molecule has 1 saturated heterocycles. The zero-order valence-corrected chi connectivity index (χ0v) is 11.5. The minimum Gasteiger partial charge on any atom is -0.390 e. The number of rotatable bonds is 2. The van der Waals surface area contributed by atoms with Crippen LogP contribution < -0.4 is 11.5 Å². The molecule has 4 atom stereocenters. The Balaban J connectivity index is 2.16.